The van der Waals surface area contributed by atoms with Crippen molar-refractivity contribution >= 4 is 16.0 Å². The second-order valence-corrected chi connectivity index (χ2v) is 5.90. The van der Waals surface area contributed by atoms with Gasteiger partial charge in [-0.25, -0.2) is 13.1 Å². The van der Waals surface area contributed by atoms with E-state index in [4.69, 9.17) is 9.84 Å². The van der Waals surface area contributed by atoms with E-state index in [9.17, 15) is 13.2 Å². The van der Waals surface area contributed by atoms with E-state index in [0.717, 1.165) is 0 Å². The second kappa shape index (κ2) is 8.73. The maximum atomic E-state index is 11.9. The van der Waals surface area contributed by atoms with E-state index in [1.807, 2.05) is 0 Å². The van der Waals surface area contributed by atoms with E-state index < -0.39 is 10.0 Å². The number of esters is 1. The Morgan fingerprint density at radius 1 is 1.24 bits per heavy atom. The smallest absolute Gasteiger partial charge is 0.309 e. The summed E-state index contributed by atoms with van der Waals surface area (Å²) in [6.45, 7) is 0.366. The van der Waals surface area contributed by atoms with Crippen LogP contribution in [0, 0.1) is 0 Å². The third-order valence-electron chi connectivity index (χ3n) is 2.58. The first-order chi connectivity index (χ1) is 9.99. The van der Waals surface area contributed by atoms with Gasteiger partial charge in [-0.2, -0.15) is 0 Å². The molecule has 0 aromatic heterocycles. The lowest BCUT2D eigenvalue weighted by Crippen LogP contribution is -2.27. The highest BCUT2D eigenvalue weighted by Gasteiger charge is 2.13. The van der Waals surface area contributed by atoms with Crippen molar-refractivity contribution in [2.45, 2.75) is 11.3 Å². The zero-order valence-corrected chi connectivity index (χ0v) is 12.6. The number of sulfonamides is 1. The van der Waals surface area contributed by atoms with Gasteiger partial charge in [0.05, 0.1) is 38.2 Å². The molecule has 0 atom stereocenters. The van der Waals surface area contributed by atoms with Crippen molar-refractivity contribution in [3.05, 3.63) is 29.8 Å². The van der Waals surface area contributed by atoms with Gasteiger partial charge in [-0.1, -0.05) is 12.1 Å². The highest BCUT2D eigenvalue weighted by molar-refractivity contribution is 7.89. The van der Waals surface area contributed by atoms with Gasteiger partial charge in [-0.3, -0.25) is 4.79 Å². The molecule has 1 aromatic carbocycles. The van der Waals surface area contributed by atoms with Crippen molar-refractivity contribution in [3.63, 3.8) is 0 Å². The van der Waals surface area contributed by atoms with Gasteiger partial charge in [-0.15, -0.1) is 0 Å². The number of benzene rings is 1. The zero-order valence-electron chi connectivity index (χ0n) is 11.7. The number of hydrogen-bond acceptors (Lipinski definition) is 6. The van der Waals surface area contributed by atoms with Crippen LogP contribution in [0.25, 0.3) is 0 Å². The molecule has 0 saturated heterocycles. The van der Waals surface area contributed by atoms with Crippen molar-refractivity contribution in [1.29, 1.82) is 0 Å². The van der Waals surface area contributed by atoms with Gasteiger partial charge >= 0.3 is 5.97 Å². The van der Waals surface area contributed by atoms with Gasteiger partial charge in [0.2, 0.25) is 10.0 Å². The molecule has 0 spiro atoms. The largest absolute Gasteiger partial charge is 0.469 e. The predicted octanol–water partition coefficient (Wildman–Crippen LogP) is -0.311. The number of ether oxygens (including phenoxy) is 2. The van der Waals surface area contributed by atoms with Gasteiger partial charge in [-0.05, 0) is 17.7 Å². The molecule has 0 fully saturated rings. The lowest BCUT2D eigenvalue weighted by molar-refractivity contribution is -0.139. The van der Waals surface area contributed by atoms with E-state index >= 15 is 0 Å². The average Bonchev–Trinajstić information content (AvgIpc) is 2.47. The van der Waals surface area contributed by atoms with E-state index in [-0.39, 0.29) is 43.7 Å². The van der Waals surface area contributed by atoms with Crippen LogP contribution in [-0.4, -0.2) is 53.0 Å². The molecule has 0 saturated carbocycles. The van der Waals surface area contributed by atoms with Gasteiger partial charge in [0.1, 0.15) is 0 Å². The fourth-order valence-electron chi connectivity index (χ4n) is 1.52. The van der Waals surface area contributed by atoms with Crippen LogP contribution in [-0.2, 0) is 30.7 Å². The number of hydrogen-bond donors (Lipinski definition) is 2. The number of rotatable bonds is 9. The second-order valence-electron chi connectivity index (χ2n) is 4.13. The molecule has 0 radical (unpaired) electrons. The molecule has 0 heterocycles. The monoisotopic (exact) mass is 317 g/mol. The van der Waals surface area contributed by atoms with E-state index in [0.29, 0.717) is 5.56 Å². The minimum atomic E-state index is -3.61. The third kappa shape index (κ3) is 6.21. The Bertz CT molecular complexity index is 540. The van der Waals surface area contributed by atoms with Crippen LogP contribution in [0.15, 0.2) is 29.2 Å². The van der Waals surface area contributed by atoms with E-state index in [2.05, 4.69) is 9.46 Å². The molecule has 1 aromatic rings. The zero-order chi connectivity index (χ0) is 15.7. The molecule has 7 nitrogen and oxygen atoms in total. The lowest BCUT2D eigenvalue weighted by Gasteiger charge is -2.08. The Hall–Kier alpha value is -1.48. The molecule has 0 amide bonds. The highest BCUT2D eigenvalue weighted by atomic mass is 32.2. The van der Waals surface area contributed by atoms with Crippen molar-refractivity contribution in [2.24, 2.45) is 0 Å². The summed E-state index contributed by atoms with van der Waals surface area (Å²) in [6.07, 6.45) is 0.0965. The lowest BCUT2D eigenvalue weighted by atomic mass is 10.2. The third-order valence-corrected chi connectivity index (χ3v) is 4.06. The number of aliphatic hydroxyl groups excluding tert-OH is 1. The number of carbonyl (C=O) groups excluding carboxylic acids is 1. The Labute approximate surface area is 123 Å². The first-order valence-electron chi connectivity index (χ1n) is 6.33. The Morgan fingerprint density at radius 3 is 2.48 bits per heavy atom. The Morgan fingerprint density at radius 2 is 1.90 bits per heavy atom. The SMILES string of the molecule is COC(=O)Cc1ccc(S(=O)(=O)NCCOCCO)cc1. The van der Waals surface area contributed by atoms with Crippen LogP contribution in [0.2, 0.25) is 0 Å². The van der Waals surface area contributed by atoms with E-state index in [1.165, 1.54) is 19.2 Å². The number of nitrogens with one attached hydrogen (secondary N) is 1. The summed E-state index contributed by atoms with van der Waals surface area (Å²) < 4.78 is 35.8. The van der Waals surface area contributed by atoms with Crippen LogP contribution < -0.4 is 4.72 Å². The maximum Gasteiger partial charge on any atom is 0.309 e. The van der Waals surface area contributed by atoms with Crippen molar-refractivity contribution in [2.75, 3.05) is 33.5 Å². The summed E-state index contributed by atoms with van der Waals surface area (Å²) in [5.41, 5.74) is 0.673. The fraction of sp³-hybridized carbons (Fsp3) is 0.462. The normalized spacial score (nSPS) is 11.3. The number of carbonyl (C=O) groups is 1. The molecule has 8 heteroatoms. The fourth-order valence-corrected chi connectivity index (χ4v) is 2.54. The average molecular weight is 317 g/mol. The van der Waals surface area contributed by atoms with Crippen LogP contribution in [0.4, 0.5) is 0 Å². The summed E-state index contributed by atoms with van der Waals surface area (Å²) in [5.74, 6) is -0.384. The predicted molar refractivity (Wildman–Crippen MR) is 75.3 cm³/mol. The van der Waals surface area contributed by atoms with Gasteiger partial charge in [0.15, 0.2) is 0 Å². The molecule has 2 N–H and O–H groups in total. The Kier molecular flexibility index (Phi) is 7.30. The Balaban J connectivity index is 2.56. The molecule has 0 bridgehead atoms. The number of aliphatic hydroxyl groups is 1. The summed E-state index contributed by atoms with van der Waals surface area (Å²) in [7, 11) is -2.31. The van der Waals surface area contributed by atoms with Crippen LogP contribution in [0.3, 0.4) is 0 Å². The molecule has 0 aliphatic carbocycles. The molecule has 0 aliphatic heterocycles. The molecule has 1 rings (SSSR count). The van der Waals surface area contributed by atoms with Gasteiger partial charge in [0.25, 0.3) is 0 Å². The molecule has 0 aliphatic rings. The topological polar surface area (TPSA) is 102 Å². The van der Waals surface area contributed by atoms with Gasteiger partial charge < -0.3 is 14.6 Å². The molecule has 21 heavy (non-hydrogen) atoms. The van der Waals surface area contributed by atoms with Crippen LogP contribution in [0.5, 0.6) is 0 Å². The minimum absolute atomic E-state index is 0.0965. The van der Waals surface area contributed by atoms with E-state index in [1.54, 1.807) is 12.1 Å². The van der Waals surface area contributed by atoms with Crippen molar-refractivity contribution in [1.82, 2.24) is 4.72 Å². The quantitative estimate of drug-likeness (QED) is 0.478. The maximum absolute atomic E-state index is 11.9. The van der Waals surface area contributed by atoms with Crippen molar-refractivity contribution in [3.8, 4) is 0 Å². The molecular formula is C13H19NO6S. The summed E-state index contributed by atoms with van der Waals surface area (Å²) >= 11 is 0. The summed E-state index contributed by atoms with van der Waals surface area (Å²) in [4.78, 5) is 11.2. The first kappa shape index (κ1) is 17.6. The standard InChI is InChI=1S/C13H19NO6S/c1-19-13(16)10-11-2-4-12(5-3-11)21(17,18)14-6-8-20-9-7-15/h2-5,14-15H,6-10H2,1H3. The summed E-state index contributed by atoms with van der Waals surface area (Å²) in [6, 6.07) is 5.98. The molecule has 118 valence electrons. The molecule has 0 unspecified atom stereocenters. The van der Waals surface area contributed by atoms with Crippen LogP contribution in [0.1, 0.15) is 5.56 Å². The van der Waals surface area contributed by atoms with Crippen LogP contribution >= 0.6 is 0 Å². The highest BCUT2D eigenvalue weighted by Crippen LogP contribution is 2.11. The first-order valence-corrected chi connectivity index (χ1v) is 7.82. The van der Waals surface area contributed by atoms with Crippen molar-refractivity contribution < 1.29 is 27.8 Å². The molecular weight excluding hydrogens is 298 g/mol. The number of methoxy groups -OCH3 is 1. The van der Waals surface area contributed by atoms with Gasteiger partial charge in [0, 0.05) is 6.54 Å². The summed E-state index contributed by atoms with van der Waals surface area (Å²) in [5, 5.41) is 8.51. The minimum Gasteiger partial charge on any atom is -0.469 e.